The monoisotopic (exact) mass is 632 g/mol. The molecule has 232 valence electrons. The van der Waals surface area contributed by atoms with Crippen LogP contribution in [0.25, 0.3) is 11.1 Å². The predicted molar refractivity (Wildman–Crippen MR) is 143 cm³/mol. The number of hydrogen-bond donors (Lipinski definition) is 2. The quantitative estimate of drug-likeness (QED) is 0.314. The molecule has 8 nitrogen and oxygen atoms in total. The van der Waals surface area contributed by atoms with Gasteiger partial charge in [-0.1, -0.05) is 12.1 Å². The maximum absolute atomic E-state index is 14.2. The third-order valence-corrected chi connectivity index (χ3v) is 8.35. The minimum absolute atomic E-state index is 0.0355. The number of nitrogens with one attached hydrogen (secondary N) is 1. The highest BCUT2D eigenvalue weighted by molar-refractivity contribution is 7.92. The Labute approximate surface area is 242 Å². The van der Waals surface area contributed by atoms with E-state index < -0.39 is 75.4 Å². The average Bonchev–Trinajstić information content (AvgIpc) is 2.94. The first-order chi connectivity index (χ1) is 20.0. The van der Waals surface area contributed by atoms with Crippen molar-refractivity contribution in [2.45, 2.75) is 37.6 Å². The Bertz CT molecular complexity index is 1610. The van der Waals surface area contributed by atoms with Crippen LogP contribution in [0, 0.1) is 11.2 Å². The van der Waals surface area contributed by atoms with Crippen molar-refractivity contribution in [2.75, 3.05) is 24.0 Å². The molecule has 1 aliphatic heterocycles. The highest BCUT2D eigenvalue weighted by atomic mass is 32.2. The summed E-state index contributed by atoms with van der Waals surface area (Å²) < 4.78 is 119. The highest BCUT2D eigenvalue weighted by Gasteiger charge is 2.38. The molecule has 1 aliphatic rings. The van der Waals surface area contributed by atoms with Crippen LogP contribution < -0.4 is 19.1 Å². The Kier molecular flexibility index (Phi) is 8.88. The van der Waals surface area contributed by atoms with Crippen molar-refractivity contribution in [1.29, 1.82) is 0 Å². The lowest BCUT2D eigenvalue weighted by Crippen LogP contribution is -2.50. The largest absolute Gasteiger partial charge is 0.484 e. The van der Waals surface area contributed by atoms with E-state index in [2.05, 4.69) is 10.1 Å². The summed E-state index contributed by atoms with van der Waals surface area (Å²) in [7, 11) is -4.69. The molecule has 0 bridgehead atoms. The number of hydrogen-bond acceptors (Lipinski definition) is 6. The number of halogens is 6. The molecule has 1 heterocycles. The highest BCUT2D eigenvalue weighted by Crippen LogP contribution is 2.41. The minimum atomic E-state index is -4.83. The number of alkyl halides is 5. The lowest BCUT2D eigenvalue weighted by atomic mass is 9.94. The summed E-state index contributed by atoms with van der Waals surface area (Å²) >= 11 is 0. The number of amides is 1. The lowest BCUT2D eigenvalue weighted by Gasteiger charge is -2.36. The molecule has 1 atom stereocenters. The van der Waals surface area contributed by atoms with E-state index in [9.17, 15) is 44.7 Å². The first-order valence-electron chi connectivity index (χ1n) is 12.7. The third-order valence-electron chi connectivity index (χ3n) is 6.57. The second kappa shape index (κ2) is 12.0. The molecule has 15 heteroatoms. The minimum Gasteiger partial charge on any atom is -0.484 e. The van der Waals surface area contributed by atoms with Gasteiger partial charge in [-0.15, -0.1) is 0 Å². The number of sulfonamides is 1. The van der Waals surface area contributed by atoms with Crippen LogP contribution in [0.2, 0.25) is 0 Å². The SMILES string of the molecule is CC(C)(CO)C(=O)NC[C@H]1CN(S(=O)(=O)c2cccc(C(F)(F)F)c2)c2cc(-c3cc(F)cc(OC(F)F)c3)ccc2O1. The van der Waals surface area contributed by atoms with Crippen molar-refractivity contribution in [3.8, 4) is 22.6 Å². The molecule has 4 rings (SSSR count). The Hall–Kier alpha value is -3.98. The Balaban J connectivity index is 1.78. The zero-order chi connectivity index (χ0) is 31.7. The van der Waals surface area contributed by atoms with E-state index >= 15 is 0 Å². The van der Waals surface area contributed by atoms with Gasteiger partial charge in [0.15, 0.2) is 0 Å². The molecule has 0 unspecified atom stereocenters. The van der Waals surface area contributed by atoms with Gasteiger partial charge in [0, 0.05) is 6.07 Å². The number of carbonyl (C=O) groups excluding carboxylic acids is 1. The normalized spacial score (nSPS) is 15.6. The number of benzene rings is 3. The average molecular weight is 633 g/mol. The van der Waals surface area contributed by atoms with E-state index in [4.69, 9.17) is 4.74 Å². The molecule has 2 N–H and O–H groups in total. The smallest absolute Gasteiger partial charge is 0.416 e. The van der Waals surface area contributed by atoms with Crippen molar-refractivity contribution in [1.82, 2.24) is 5.32 Å². The molecular weight excluding hydrogens is 606 g/mol. The molecule has 0 aliphatic carbocycles. The molecule has 0 saturated heterocycles. The van der Waals surface area contributed by atoms with Gasteiger partial charge in [-0.25, -0.2) is 12.8 Å². The van der Waals surface area contributed by atoms with Gasteiger partial charge in [-0.05, 0) is 67.4 Å². The molecular formula is C28H26F6N2O6S. The Morgan fingerprint density at radius 2 is 1.81 bits per heavy atom. The number of anilines is 1. The molecule has 0 aromatic heterocycles. The van der Waals surface area contributed by atoms with E-state index in [1.807, 2.05) is 0 Å². The molecule has 0 radical (unpaired) electrons. The van der Waals surface area contributed by atoms with Crippen molar-refractivity contribution in [2.24, 2.45) is 5.41 Å². The molecule has 3 aromatic carbocycles. The van der Waals surface area contributed by atoms with Crippen molar-refractivity contribution in [3.05, 3.63) is 72.0 Å². The van der Waals surface area contributed by atoms with Crippen molar-refractivity contribution in [3.63, 3.8) is 0 Å². The van der Waals surface area contributed by atoms with Crippen molar-refractivity contribution >= 4 is 21.6 Å². The van der Waals surface area contributed by atoms with Gasteiger partial charge in [-0.3, -0.25) is 9.10 Å². The van der Waals surface area contributed by atoms with Gasteiger partial charge in [0.2, 0.25) is 5.91 Å². The third kappa shape index (κ3) is 7.16. The van der Waals surface area contributed by atoms with Gasteiger partial charge in [0.25, 0.3) is 10.0 Å². The molecule has 3 aromatic rings. The fourth-order valence-corrected chi connectivity index (χ4v) is 5.75. The van der Waals surface area contributed by atoms with Crippen LogP contribution in [0.5, 0.6) is 11.5 Å². The Morgan fingerprint density at radius 3 is 2.47 bits per heavy atom. The van der Waals surface area contributed by atoms with Crippen LogP contribution in [0.3, 0.4) is 0 Å². The van der Waals surface area contributed by atoms with Crippen LogP contribution in [0.15, 0.2) is 65.6 Å². The summed E-state index contributed by atoms with van der Waals surface area (Å²) in [5.74, 6) is -2.00. The number of fused-ring (bicyclic) bond motifs is 1. The zero-order valence-electron chi connectivity index (χ0n) is 22.7. The van der Waals surface area contributed by atoms with Gasteiger partial charge in [-0.2, -0.15) is 22.0 Å². The lowest BCUT2D eigenvalue weighted by molar-refractivity contribution is -0.137. The zero-order valence-corrected chi connectivity index (χ0v) is 23.5. The van der Waals surface area contributed by atoms with Crippen LogP contribution in [0.1, 0.15) is 19.4 Å². The first-order valence-corrected chi connectivity index (χ1v) is 14.1. The van der Waals surface area contributed by atoms with Gasteiger partial charge in [0.1, 0.15) is 23.4 Å². The van der Waals surface area contributed by atoms with E-state index in [1.165, 1.54) is 32.0 Å². The number of aliphatic hydroxyl groups excluding tert-OH is 1. The summed E-state index contributed by atoms with van der Waals surface area (Å²) in [6.07, 6.45) is -5.85. The maximum Gasteiger partial charge on any atom is 0.416 e. The number of rotatable bonds is 9. The van der Waals surface area contributed by atoms with E-state index in [0.717, 1.165) is 34.6 Å². The van der Waals surface area contributed by atoms with Gasteiger partial charge >= 0.3 is 12.8 Å². The molecule has 0 spiro atoms. The van der Waals surface area contributed by atoms with Gasteiger partial charge < -0.3 is 19.9 Å². The number of nitrogens with zero attached hydrogens (tertiary/aromatic N) is 1. The van der Waals surface area contributed by atoms with E-state index in [1.54, 1.807) is 0 Å². The summed E-state index contributed by atoms with van der Waals surface area (Å²) in [5.41, 5.74) is -2.30. The van der Waals surface area contributed by atoms with Crippen LogP contribution >= 0.6 is 0 Å². The molecule has 0 fully saturated rings. The topological polar surface area (TPSA) is 105 Å². The number of ether oxygens (including phenoxy) is 2. The number of aliphatic hydroxyl groups is 1. The standard InChI is InChI=1S/C28H26F6N2O6S/c1-27(2,15-37)25(38)35-13-21-14-36(43(39,40)22-5-3-4-18(11-22)28(32,33)34)23-10-16(6-7-24(23)41-21)17-8-19(29)12-20(9-17)42-26(30)31/h3-12,21,26,37H,13-15H2,1-2H3,(H,35,38)/t21-/m0/s1. The summed E-state index contributed by atoms with van der Waals surface area (Å²) in [4.78, 5) is 11.8. The van der Waals surface area contributed by atoms with Crippen LogP contribution in [0.4, 0.5) is 32.0 Å². The Morgan fingerprint density at radius 1 is 1.09 bits per heavy atom. The fraction of sp³-hybridized carbons (Fsp3) is 0.321. The van der Waals surface area contributed by atoms with Crippen molar-refractivity contribution < 1.29 is 54.1 Å². The summed E-state index contributed by atoms with van der Waals surface area (Å²) in [6.45, 7) is -1.44. The predicted octanol–water partition coefficient (Wildman–Crippen LogP) is 5.20. The molecule has 0 saturated carbocycles. The molecule has 43 heavy (non-hydrogen) atoms. The van der Waals surface area contributed by atoms with Crippen LogP contribution in [-0.2, 0) is 21.0 Å². The van der Waals surface area contributed by atoms with E-state index in [0.29, 0.717) is 12.1 Å². The maximum atomic E-state index is 14.2. The second-order valence-electron chi connectivity index (χ2n) is 10.3. The summed E-state index contributed by atoms with van der Waals surface area (Å²) in [6, 6.07) is 9.94. The van der Waals surface area contributed by atoms with Crippen LogP contribution in [-0.4, -0.2) is 51.8 Å². The fourth-order valence-electron chi connectivity index (χ4n) is 4.20. The number of carbonyl (C=O) groups is 1. The second-order valence-corrected chi connectivity index (χ2v) is 12.2. The molecule has 1 amide bonds. The summed E-state index contributed by atoms with van der Waals surface area (Å²) in [5, 5.41) is 12.0. The van der Waals surface area contributed by atoms with E-state index in [-0.39, 0.29) is 29.1 Å². The van der Waals surface area contributed by atoms with Gasteiger partial charge in [0.05, 0.1) is 41.3 Å². The first kappa shape index (κ1) is 31.9.